The molecule has 0 saturated carbocycles. The molecule has 0 aromatic carbocycles. The van der Waals surface area contributed by atoms with Gasteiger partial charge >= 0.3 is 6.09 Å². The third-order valence-corrected chi connectivity index (χ3v) is 3.45. The van der Waals surface area contributed by atoms with Gasteiger partial charge in [0.15, 0.2) is 0 Å². The van der Waals surface area contributed by atoms with Crippen molar-refractivity contribution < 1.29 is 13.9 Å². The summed E-state index contributed by atoms with van der Waals surface area (Å²) in [6, 6.07) is 1.29. The summed E-state index contributed by atoms with van der Waals surface area (Å²) in [4.78, 5) is 17.8. The standard InChI is InChI=1S/C15H22FN3O2/c1-15(2,3)21-14(20)19-6-4-10(5-7-19)13-12(17)8-11(16)9-18-13/h8-10H,4-7,17H2,1-3H3. The Hall–Kier alpha value is -1.85. The number of pyridine rings is 1. The van der Waals surface area contributed by atoms with E-state index >= 15 is 0 Å². The van der Waals surface area contributed by atoms with Crippen LogP contribution in [0.1, 0.15) is 45.2 Å². The SMILES string of the molecule is CC(C)(C)OC(=O)N1CCC(c2ncc(F)cc2N)CC1. The monoisotopic (exact) mass is 295 g/mol. The number of carbonyl (C=O) groups is 1. The van der Waals surface area contributed by atoms with Crippen LogP contribution in [0.2, 0.25) is 0 Å². The number of carbonyl (C=O) groups excluding carboxylic acids is 1. The Kier molecular flexibility index (Phi) is 4.34. The minimum absolute atomic E-state index is 0.157. The largest absolute Gasteiger partial charge is 0.444 e. The van der Waals surface area contributed by atoms with Crippen molar-refractivity contribution in [2.24, 2.45) is 0 Å². The van der Waals surface area contributed by atoms with Gasteiger partial charge in [0.2, 0.25) is 0 Å². The van der Waals surface area contributed by atoms with E-state index in [1.165, 1.54) is 12.3 Å². The summed E-state index contributed by atoms with van der Waals surface area (Å²) in [5.74, 6) is -0.272. The smallest absolute Gasteiger partial charge is 0.410 e. The molecule has 0 bridgehead atoms. The molecule has 116 valence electrons. The number of hydrogen-bond acceptors (Lipinski definition) is 4. The molecule has 0 atom stereocenters. The third-order valence-electron chi connectivity index (χ3n) is 3.45. The fraction of sp³-hybridized carbons (Fsp3) is 0.600. The van der Waals surface area contributed by atoms with Crippen molar-refractivity contribution >= 4 is 11.8 Å². The second-order valence-electron chi connectivity index (χ2n) is 6.37. The van der Waals surface area contributed by atoms with Crippen molar-refractivity contribution in [3.8, 4) is 0 Å². The highest BCUT2D eigenvalue weighted by molar-refractivity contribution is 5.68. The molecule has 21 heavy (non-hydrogen) atoms. The maximum Gasteiger partial charge on any atom is 0.410 e. The number of rotatable bonds is 1. The topological polar surface area (TPSA) is 68.5 Å². The summed E-state index contributed by atoms with van der Waals surface area (Å²) in [7, 11) is 0. The Morgan fingerprint density at radius 2 is 2.05 bits per heavy atom. The first-order valence-corrected chi connectivity index (χ1v) is 7.15. The van der Waals surface area contributed by atoms with Gasteiger partial charge in [0, 0.05) is 25.1 Å². The molecule has 2 heterocycles. The third kappa shape index (κ3) is 4.06. The zero-order valence-corrected chi connectivity index (χ0v) is 12.7. The number of amides is 1. The van der Waals surface area contributed by atoms with Gasteiger partial charge in [0.05, 0.1) is 17.6 Å². The normalized spacial score (nSPS) is 16.9. The van der Waals surface area contributed by atoms with E-state index in [4.69, 9.17) is 10.5 Å². The van der Waals surface area contributed by atoms with Crippen molar-refractivity contribution in [2.45, 2.75) is 45.1 Å². The summed E-state index contributed by atoms with van der Waals surface area (Å²) in [6.45, 7) is 6.73. The van der Waals surface area contributed by atoms with Gasteiger partial charge in [-0.15, -0.1) is 0 Å². The predicted molar refractivity (Wildman–Crippen MR) is 78.4 cm³/mol. The van der Waals surface area contributed by atoms with E-state index in [9.17, 15) is 9.18 Å². The first-order valence-electron chi connectivity index (χ1n) is 7.15. The van der Waals surface area contributed by atoms with E-state index < -0.39 is 11.4 Å². The molecule has 2 N–H and O–H groups in total. The number of aromatic nitrogens is 1. The molecule has 6 heteroatoms. The number of nitrogens with zero attached hydrogens (tertiary/aromatic N) is 2. The lowest BCUT2D eigenvalue weighted by Gasteiger charge is -2.33. The van der Waals surface area contributed by atoms with Crippen LogP contribution in [-0.4, -0.2) is 34.7 Å². The van der Waals surface area contributed by atoms with E-state index in [1.807, 2.05) is 20.8 Å². The summed E-state index contributed by atoms with van der Waals surface area (Å²) < 4.78 is 18.4. The van der Waals surface area contributed by atoms with Crippen LogP contribution in [0.3, 0.4) is 0 Å². The number of likely N-dealkylation sites (tertiary alicyclic amines) is 1. The fourth-order valence-corrected chi connectivity index (χ4v) is 2.47. The molecular formula is C15H22FN3O2. The van der Waals surface area contributed by atoms with E-state index in [2.05, 4.69) is 4.98 Å². The van der Waals surface area contributed by atoms with Crippen LogP contribution < -0.4 is 5.73 Å². The Balaban J connectivity index is 1.95. The molecule has 1 fully saturated rings. The quantitative estimate of drug-likeness (QED) is 0.865. The van der Waals surface area contributed by atoms with Crippen LogP contribution in [-0.2, 0) is 4.74 Å². The van der Waals surface area contributed by atoms with Gasteiger partial charge in [0.25, 0.3) is 0 Å². The van der Waals surface area contributed by atoms with Gasteiger partial charge in [0.1, 0.15) is 11.4 Å². The van der Waals surface area contributed by atoms with Crippen molar-refractivity contribution in [1.29, 1.82) is 0 Å². The predicted octanol–water partition coefficient (Wildman–Crippen LogP) is 2.92. The Bertz CT molecular complexity index is 520. The molecule has 1 aliphatic heterocycles. The number of ether oxygens (including phenoxy) is 1. The van der Waals surface area contributed by atoms with Crippen molar-refractivity contribution in [3.05, 3.63) is 23.8 Å². The van der Waals surface area contributed by atoms with Gasteiger partial charge in [-0.25, -0.2) is 9.18 Å². The lowest BCUT2D eigenvalue weighted by atomic mass is 9.92. The number of anilines is 1. The minimum atomic E-state index is -0.489. The number of piperidine rings is 1. The van der Waals surface area contributed by atoms with Crippen LogP contribution in [0.15, 0.2) is 12.3 Å². The average Bonchev–Trinajstić information content (AvgIpc) is 2.37. The summed E-state index contributed by atoms with van der Waals surface area (Å²) in [5, 5.41) is 0. The van der Waals surface area contributed by atoms with Crippen LogP contribution in [0.25, 0.3) is 0 Å². The van der Waals surface area contributed by atoms with E-state index in [1.54, 1.807) is 4.90 Å². The van der Waals surface area contributed by atoms with Gasteiger partial charge in [-0.1, -0.05) is 0 Å². The zero-order chi connectivity index (χ0) is 15.6. The highest BCUT2D eigenvalue weighted by Crippen LogP contribution is 2.30. The summed E-state index contributed by atoms with van der Waals surface area (Å²) >= 11 is 0. The Morgan fingerprint density at radius 1 is 1.43 bits per heavy atom. The second kappa shape index (κ2) is 5.87. The Morgan fingerprint density at radius 3 is 2.57 bits per heavy atom. The fourth-order valence-electron chi connectivity index (χ4n) is 2.47. The van der Waals surface area contributed by atoms with Crippen molar-refractivity contribution in [2.75, 3.05) is 18.8 Å². The van der Waals surface area contributed by atoms with Crippen LogP contribution in [0.4, 0.5) is 14.9 Å². The lowest BCUT2D eigenvalue weighted by molar-refractivity contribution is 0.0204. The molecule has 0 spiro atoms. The molecule has 1 amide bonds. The van der Waals surface area contributed by atoms with E-state index in [-0.39, 0.29) is 12.0 Å². The van der Waals surface area contributed by atoms with Gasteiger partial charge in [-0.2, -0.15) is 0 Å². The van der Waals surface area contributed by atoms with Gasteiger partial charge < -0.3 is 15.4 Å². The highest BCUT2D eigenvalue weighted by atomic mass is 19.1. The second-order valence-corrected chi connectivity index (χ2v) is 6.37. The maximum atomic E-state index is 13.0. The molecule has 0 radical (unpaired) electrons. The van der Waals surface area contributed by atoms with Gasteiger partial charge in [-0.05, 0) is 33.6 Å². The summed E-state index contributed by atoms with van der Waals surface area (Å²) in [5.41, 5.74) is 6.44. The molecule has 5 nitrogen and oxygen atoms in total. The van der Waals surface area contributed by atoms with E-state index in [0.717, 1.165) is 18.5 Å². The molecular weight excluding hydrogens is 273 g/mol. The van der Waals surface area contributed by atoms with Crippen LogP contribution in [0.5, 0.6) is 0 Å². The molecule has 1 aromatic rings. The first-order chi connectivity index (χ1) is 9.76. The Labute approximate surface area is 124 Å². The van der Waals surface area contributed by atoms with Crippen molar-refractivity contribution in [3.63, 3.8) is 0 Å². The van der Waals surface area contributed by atoms with Crippen molar-refractivity contribution in [1.82, 2.24) is 9.88 Å². The van der Waals surface area contributed by atoms with Crippen LogP contribution in [0, 0.1) is 5.82 Å². The van der Waals surface area contributed by atoms with E-state index in [0.29, 0.717) is 18.8 Å². The molecule has 0 aliphatic carbocycles. The van der Waals surface area contributed by atoms with Crippen LogP contribution >= 0.6 is 0 Å². The zero-order valence-electron chi connectivity index (χ0n) is 12.7. The maximum absolute atomic E-state index is 13.0. The molecule has 1 aromatic heterocycles. The first kappa shape index (κ1) is 15.5. The number of nitrogen functional groups attached to an aromatic ring is 1. The lowest BCUT2D eigenvalue weighted by Crippen LogP contribution is -2.41. The summed E-state index contributed by atoms with van der Waals surface area (Å²) in [6.07, 6.45) is 2.40. The highest BCUT2D eigenvalue weighted by Gasteiger charge is 2.28. The average molecular weight is 295 g/mol. The number of halogens is 1. The number of hydrogen-bond donors (Lipinski definition) is 1. The molecule has 2 rings (SSSR count). The van der Waals surface area contributed by atoms with Gasteiger partial charge in [-0.3, -0.25) is 4.98 Å². The minimum Gasteiger partial charge on any atom is -0.444 e. The molecule has 1 saturated heterocycles. The molecule has 0 unspecified atom stereocenters. The number of nitrogens with two attached hydrogens (primary N) is 1. The molecule has 1 aliphatic rings.